The maximum Gasteiger partial charge on any atom is 0.160 e. The molecule has 0 saturated heterocycles. The first kappa shape index (κ1) is 37.6. The number of benzene rings is 9. The van der Waals surface area contributed by atoms with Gasteiger partial charge in [-0.15, -0.1) is 0 Å². The van der Waals surface area contributed by atoms with Crippen LogP contribution in [-0.4, -0.2) is 14.5 Å². The molecule has 64 heavy (non-hydrogen) atoms. The maximum absolute atomic E-state index is 5.14. The van der Waals surface area contributed by atoms with Gasteiger partial charge in [0.1, 0.15) is 0 Å². The van der Waals surface area contributed by atoms with E-state index < -0.39 is 0 Å². The van der Waals surface area contributed by atoms with E-state index in [9.17, 15) is 0 Å². The fourth-order valence-corrected chi connectivity index (χ4v) is 9.95. The minimum absolute atomic E-state index is 0.408. The Balaban J connectivity index is 0.923. The van der Waals surface area contributed by atoms with Crippen LogP contribution in [0.1, 0.15) is 29.0 Å². The van der Waals surface area contributed by atoms with Crippen molar-refractivity contribution in [2.45, 2.75) is 18.8 Å². The fraction of sp³-hybridized carbons (Fsp3) is 0.0492. The summed E-state index contributed by atoms with van der Waals surface area (Å²) in [7, 11) is 0. The van der Waals surface area contributed by atoms with E-state index in [0.717, 1.165) is 57.7 Å². The van der Waals surface area contributed by atoms with Crippen LogP contribution in [0.25, 0.3) is 94.8 Å². The molecule has 0 saturated carbocycles. The third kappa shape index (κ3) is 6.79. The molecule has 9 aromatic carbocycles. The summed E-state index contributed by atoms with van der Waals surface area (Å²) in [6.07, 6.45) is 2.08. The Morgan fingerprint density at radius 1 is 0.359 bits per heavy atom. The number of hydrogen-bond acceptors (Lipinski definition) is 2. The molecule has 1 aliphatic rings. The number of para-hydroxylation sites is 1. The van der Waals surface area contributed by atoms with E-state index in [1.165, 1.54) is 60.8 Å². The number of nitrogens with zero attached hydrogens (tertiary/aromatic N) is 3. The van der Waals surface area contributed by atoms with Gasteiger partial charge in [0.25, 0.3) is 0 Å². The van der Waals surface area contributed by atoms with Gasteiger partial charge in [0.15, 0.2) is 5.82 Å². The van der Waals surface area contributed by atoms with Crippen LogP contribution >= 0.6 is 0 Å². The molecular formula is C61H43N3. The second kappa shape index (κ2) is 16.0. The zero-order valence-corrected chi connectivity index (χ0v) is 35.3. The van der Waals surface area contributed by atoms with E-state index in [1.54, 1.807) is 0 Å². The minimum atomic E-state index is 0.408. The number of aryl methyl sites for hydroxylation is 1. The molecule has 12 rings (SSSR count). The van der Waals surface area contributed by atoms with Gasteiger partial charge in [-0.25, -0.2) is 9.97 Å². The molecule has 302 valence electrons. The molecule has 0 N–H and O–H groups in total. The van der Waals surface area contributed by atoms with Crippen molar-refractivity contribution in [3.05, 3.63) is 247 Å². The second-order valence-corrected chi connectivity index (χ2v) is 16.9. The van der Waals surface area contributed by atoms with E-state index in [4.69, 9.17) is 9.97 Å². The van der Waals surface area contributed by atoms with Gasteiger partial charge in [-0.05, 0) is 111 Å². The van der Waals surface area contributed by atoms with Crippen molar-refractivity contribution in [1.29, 1.82) is 0 Å². The lowest BCUT2D eigenvalue weighted by Gasteiger charge is -2.14. The Morgan fingerprint density at radius 3 is 1.48 bits per heavy atom. The van der Waals surface area contributed by atoms with Gasteiger partial charge in [0, 0.05) is 39.1 Å². The zero-order valence-electron chi connectivity index (χ0n) is 35.3. The highest BCUT2D eigenvalue weighted by atomic mass is 15.0. The molecule has 3 nitrogen and oxygen atoms in total. The molecule has 0 unspecified atom stereocenters. The molecule has 0 bridgehead atoms. The first-order valence-corrected chi connectivity index (χ1v) is 22.2. The van der Waals surface area contributed by atoms with Crippen LogP contribution in [-0.2, 0) is 6.42 Å². The maximum atomic E-state index is 5.14. The molecule has 2 heterocycles. The van der Waals surface area contributed by atoms with Gasteiger partial charge in [-0.2, -0.15) is 0 Å². The summed E-state index contributed by atoms with van der Waals surface area (Å²) in [5.74, 6) is 1.12. The highest BCUT2D eigenvalue weighted by molar-refractivity contribution is 6.11. The lowest BCUT2D eigenvalue weighted by Crippen LogP contribution is -1.99. The summed E-state index contributed by atoms with van der Waals surface area (Å²) in [6.45, 7) is 0. The average molecular weight is 818 g/mol. The SMILES string of the molecule is c1ccc(-c2cc(-c3cccc(-c4ccc5c(c4)c4cc(-c6cccc(CCC7c8ccccc8-c8ccccc87)c6)ccc4n5-c4ccccc4)c3)nc(-c3ccccc3)n2)cc1. The van der Waals surface area contributed by atoms with Crippen LogP contribution in [0.3, 0.4) is 0 Å². The summed E-state index contributed by atoms with van der Waals surface area (Å²) in [6, 6.07) is 83.2. The first-order valence-electron chi connectivity index (χ1n) is 22.2. The highest BCUT2D eigenvalue weighted by Gasteiger charge is 2.27. The van der Waals surface area contributed by atoms with E-state index in [-0.39, 0.29) is 0 Å². The monoisotopic (exact) mass is 817 g/mol. The molecule has 0 aliphatic heterocycles. The van der Waals surface area contributed by atoms with E-state index in [2.05, 4.69) is 211 Å². The smallest absolute Gasteiger partial charge is 0.160 e. The molecule has 1 aliphatic carbocycles. The number of aromatic nitrogens is 3. The molecule has 2 aromatic heterocycles. The van der Waals surface area contributed by atoms with Gasteiger partial charge in [0.2, 0.25) is 0 Å². The summed E-state index contributed by atoms with van der Waals surface area (Å²) in [5.41, 5.74) is 20.2. The van der Waals surface area contributed by atoms with Crippen molar-refractivity contribution in [3.8, 4) is 73.0 Å². The van der Waals surface area contributed by atoms with Crippen molar-refractivity contribution in [2.24, 2.45) is 0 Å². The predicted octanol–water partition coefficient (Wildman–Crippen LogP) is 15.7. The molecule has 0 amide bonds. The van der Waals surface area contributed by atoms with Crippen molar-refractivity contribution in [3.63, 3.8) is 0 Å². The van der Waals surface area contributed by atoms with Crippen molar-refractivity contribution in [1.82, 2.24) is 14.5 Å². The van der Waals surface area contributed by atoms with Crippen molar-refractivity contribution < 1.29 is 0 Å². The van der Waals surface area contributed by atoms with E-state index in [0.29, 0.717) is 11.7 Å². The number of rotatable bonds is 9. The van der Waals surface area contributed by atoms with Crippen molar-refractivity contribution >= 4 is 21.8 Å². The molecular weight excluding hydrogens is 775 g/mol. The number of fused-ring (bicyclic) bond motifs is 6. The van der Waals surface area contributed by atoms with Crippen molar-refractivity contribution in [2.75, 3.05) is 0 Å². The average Bonchev–Trinajstić information content (AvgIpc) is 3.88. The molecule has 0 fully saturated rings. The minimum Gasteiger partial charge on any atom is -0.309 e. The topological polar surface area (TPSA) is 30.7 Å². The summed E-state index contributed by atoms with van der Waals surface area (Å²) >= 11 is 0. The van der Waals surface area contributed by atoms with Gasteiger partial charge in [-0.3, -0.25) is 0 Å². The normalized spacial score (nSPS) is 12.1. The first-order chi connectivity index (χ1) is 31.7. The Morgan fingerprint density at radius 2 is 0.844 bits per heavy atom. The molecule has 3 heteroatoms. The lowest BCUT2D eigenvalue weighted by molar-refractivity contribution is 0.730. The van der Waals surface area contributed by atoms with Crippen LogP contribution in [0.2, 0.25) is 0 Å². The molecule has 11 aromatic rings. The third-order valence-electron chi connectivity index (χ3n) is 13.0. The van der Waals surface area contributed by atoms with E-state index in [1.807, 2.05) is 24.3 Å². The van der Waals surface area contributed by atoms with Crippen LogP contribution < -0.4 is 0 Å². The zero-order chi connectivity index (χ0) is 42.4. The Kier molecular flexibility index (Phi) is 9.38. The van der Waals surface area contributed by atoms with Crippen LogP contribution in [0.15, 0.2) is 231 Å². The fourth-order valence-electron chi connectivity index (χ4n) is 9.95. The Hall–Kier alpha value is -8.14. The predicted molar refractivity (Wildman–Crippen MR) is 266 cm³/mol. The largest absolute Gasteiger partial charge is 0.309 e. The summed E-state index contributed by atoms with van der Waals surface area (Å²) < 4.78 is 2.40. The quantitative estimate of drug-likeness (QED) is 0.145. The van der Waals surface area contributed by atoms with Crippen LogP contribution in [0.5, 0.6) is 0 Å². The van der Waals surface area contributed by atoms with Gasteiger partial charge < -0.3 is 4.57 Å². The van der Waals surface area contributed by atoms with Gasteiger partial charge >= 0.3 is 0 Å². The van der Waals surface area contributed by atoms with Gasteiger partial charge in [0.05, 0.1) is 22.4 Å². The third-order valence-corrected chi connectivity index (χ3v) is 13.0. The van der Waals surface area contributed by atoms with Gasteiger partial charge in [-0.1, -0.05) is 182 Å². The van der Waals surface area contributed by atoms with Crippen LogP contribution in [0, 0.1) is 0 Å². The summed E-state index contributed by atoms with van der Waals surface area (Å²) in [5, 5.41) is 2.45. The standard InChI is InChI=1S/C61H43N3/c1-4-17-42(18-5-1)57-40-58(63-61(62-57)43-19-6-2-7-20-43)48-23-15-22-45(37-48)47-32-35-60-56(39-47)55-38-46(31-34-59(55)64(60)49-24-8-3-9-25-49)44-21-14-16-41(36-44)30-33-54-52-28-12-10-26-50(52)51-27-11-13-29-53(51)54/h1-29,31-32,34-40,54H,30,33H2. The molecule has 0 atom stereocenters. The molecule has 0 radical (unpaired) electrons. The van der Waals surface area contributed by atoms with E-state index >= 15 is 0 Å². The van der Waals surface area contributed by atoms with Crippen LogP contribution in [0.4, 0.5) is 0 Å². The molecule has 0 spiro atoms. The second-order valence-electron chi connectivity index (χ2n) is 16.9. The summed E-state index contributed by atoms with van der Waals surface area (Å²) in [4.78, 5) is 10.2. The Bertz CT molecular complexity index is 3390. The Labute approximate surface area is 373 Å². The lowest BCUT2D eigenvalue weighted by atomic mass is 9.90. The number of hydrogen-bond donors (Lipinski definition) is 0. The highest BCUT2D eigenvalue weighted by Crippen LogP contribution is 2.47.